The molecule has 2 aromatic carbocycles. The lowest BCUT2D eigenvalue weighted by Gasteiger charge is -2.34. The highest BCUT2D eigenvalue weighted by molar-refractivity contribution is 6.30. The summed E-state index contributed by atoms with van der Waals surface area (Å²) >= 11 is 5.95. The molecule has 1 fully saturated rings. The van der Waals surface area contributed by atoms with E-state index in [4.69, 9.17) is 16.3 Å². The van der Waals surface area contributed by atoms with Gasteiger partial charge < -0.3 is 15.0 Å². The normalized spacial score (nSPS) is 17.6. The third-order valence-electron chi connectivity index (χ3n) is 4.90. The van der Waals surface area contributed by atoms with Crippen molar-refractivity contribution in [2.75, 3.05) is 26.2 Å². The van der Waals surface area contributed by atoms with Crippen molar-refractivity contribution >= 4 is 17.6 Å². The fourth-order valence-corrected chi connectivity index (χ4v) is 3.25. The zero-order valence-electron chi connectivity index (χ0n) is 15.5. The summed E-state index contributed by atoms with van der Waals surface area (Å²) in [6.07, 6.45) is -0.241. The van der Waals surface area contributed by atoms with E-state index in [0.29, 0.717) is 31.3 Å². The van der Waals surface area contributed by atoms with E-state index < -0.39 is 0 Å². The topological polar surface area (TPSA) is 41.6 Å². The number of hydrogen-bond acceptors (Lipinski definition) is 2. The Morgan fingerprint density at radius 3 is 2.56 bits per heavy atom. The van der Waals surface area contributed by atoms with Crippen LogP contribution in [0.3, 0.4) is 0 Å². The van der Waals surface area contributed by atoms with E-state index >= 15 is 0 Å². The molecule has 0 aromatic heterocycles. The number of ether oxygens (including phenoxy) is 1. The fraction of sp³-hybridized carbons (Fsp3) is 0.381. The number of carbonyl (C=O) groups excluding carboxylic acids is 1. The highest BCUT2D eigenvalue weighted by atomic mass is 35.5. The number of benzene rings is 2. The van der Waals surface area contributed by atoms with E-state index in [1.807, 2.05) is 24.3 Å². The first-order valence-corrected chi connectivity index (χ1v) is 9.39. The maximum absolute atomic E-state index is 13.1. The molecule has 0 saturated carbocycles. The predicted octanol–water partition coefficient (Wildman–Crippen LogP) is 4.54. The first-order valence-electron chi connectivity index (χ1n) is 9.01. The van der Waals surface area contributed by atoms with Crippen molar-refractivity contribution < 1.29 is 13.9 Å². The zero-order valence-corrected chi connectivity index (χ0v) is 16.3. The van der Waals surface area contributed by atoms with E-state index in [-0.39, 0.29) is 23.4 Å². The molecule has 6 heteroatoms. The lowest BCUT2D eigenvalue weighted by Crippen LogP contribution is -2.49. The van der Waals surface area contributed by atoms with Crippen LogP contribution >= 0.6 is 11.6 Å². The number of nitrogens with zero attached hydrogens (tertiary/aromatic N) is 1. The Labute approximate surface area is 164 Å². The van der Waals surface area contributed by atoms with E-state index in [2.05, 4.69) is 19.2 Å². The lowest BCUT2D eigenvalue weighted by molar-refractivity contribution is -0.0155. The number of rotatable bonds is 4. The molecule has 0 bridgehead atoms. The molecule has 2 amide bonds. The molecule has 2 aromatic rings. The van der Waals surface area contributed by atoms with Crippen molar-refractivity contribution in [3.05, 3.63) is 70.5 Å². The first-order chi connectivity index (χ1) is 12.8. The molecule has 1 saturated heterocycles. The van der Waals surface area contributed by atoms with Gasteiger partial charge in [0, 0.05) is 23.5 Å². The molecule has 4 nitrogen and oxygen atoms in total. The largest absolute Gasteiger partial charge is 0.370 e. The fourth-order valence-electron chi connectivity index (χ4n) is 3.12. The maximum Gasteiger partial charge on any atom is 0.317 e. The quantitative estimate of drug-likeness (QED) is 0.832. The van der Waals surface area contributed by atoms with E-state index in [0.717, 1.165) is 11.1 Å². The lowest BCUT2D eigenvalue weighted by atomic mass is 9.85. The van der Waals surface area contributed by atoms with Crippen molar-refractivity contribution in [1.82, 2.24) is 10.2 Å². The van der Waals surface area contributed by atoms with Gasteiger partial charge in [-0.05, 0) is 35.4 Å². The molecular formula is C21H24ClFN2O2. The van der Waals surface area contributed by atoms with Crippen LogP contribution in [0.25, 0.3) is 0 Å². The molecule has 0 radical (unpaired) electrons. The maximum atomic E-state index is 13.1. The Balaban J connectivity index is 1.58. The average molecular weight is 391 g/mol. The van der Waals surface area contributed by atoms with Gasteiger partial charge in [-0.1, -0.05) is 49.7 Å². The van der Waals surface area contributed by atoms with E-state index in [1.165, 1.54) is 12.1 Å². The average Bonchev–Trinajstić information content (AvgIpc) is 2.67. The van der Waals surface area contributed by atoms with Crippen molar-refractivity contribution in [2.24, 2.45) is 0 Å². The molecule has 3 rings (SSSR count). The van der Waals surface area contributed by atoms with Gasteiger partial charge in [-0.15, -0.1) is 0 Å². The summed E-state index contributed by atoms with van der Waals surface area (Å²) in [7, 11) is 0. The van der Waals surface area contributed by atoms with Gasteiger partial charge in [0.1, 0.15) is 11.9 Å². The van der Waals surface area contributed by atoms with Gasteiger partial charge in [0.25, 0.3) is 0 Å². The second kappa shape index (κ2) is 8.28. The van der Waals surface area contributed by atoms with Crippen LogP contribution < -0.4 is 5.32 Å². The molecule has 0 aliphatic carbocycles. The Morgan fingerprint density at radius 1 is 1.22 bits per heavy atom. The number of nitrogens with one attached hydrogen (secondary N) is 1. The Kier molecular flexibility index (Phi) is 6.02. The van der Waals surface area contributed by atoms with Gasteiger partial charge in [0.05, 0.1) is 13.2 Å². The van der Waals surface area contributed by atoms with Crippen LogP contribution in [0.1, 0.15) is 31.1 Å². The molecule has 1 unspecified atom stereocenters. The minimum atomic E-state index is -0.284. The molecule has 27 heavy (non-hydrogen) atoms. The van der Waals surface area contributed by atoms with Crippen LogP contribution in [-0.4, -0.2) is 37.2 Å². The van der Waals surface area contributed by atoms with Crippen molar-refractivity contribution in [3.63, 3.8) is 0 Å². The first kappa shape index (κ1) is 19.6. The summed E-state index contributed by atoms with van der Waals surface area (Å²) < 4.78 is 18.9. The summed E-state index contributed by atoms with van der Waals surface area (Å²) in [4.78, 5) is 14.4. The van der Waals surface area contributed by atoms with E-state index in [1.54, 1.807) is 17.0 Å². The second-order valence-corrected chi connectivity index (χ2v) is 7.84. The number of morpholine rings is 1. The number of amides is 2. The number of urea groups is 1. The SMILES string of the molecule is CC(C)(CNC(=O)N1CCOC(c2ccc(F)cc2)C1)c1ccc(Cl)cc1. The van der Waals surface area contributed by atoms with Crippen LogP contribution in [-0.2, 0) is 10.2 Å². The third-order valence-corrected chi connectivity index (χ3v) is 5.15. The molecule has 1 aliphatic rings. The summed E-state index contributed by atoms with van der Waals surface area (Å²) in [5.74, 6) is -0.284. The molecule has 1 N–H and O–H groups in total. The minimum Gasteiger partial charge on any atom is -0.370 e. The minimum absolute atomic E-state index is 0.118. The monoisotopic (exact) mass is 390 g/mol. The van der Waals surface area contributed by atoms with Crippen LogP contribution in [0.2, 0.25) is 5.02 Å². The molecule has 1 heterocycles. The van der Waals surface area contributed by atoms with Gasteiger partial charge in [-0.3, -0.25) is 0 Å². The Bertz CT molecular complexity index is 778. The van der Waals surface area contributed by atoms with Crippen LogP contribution in [0.5, 0.6) is 0 Å². The number of halogens is 2. The van der Waals surface area contributed by atoms with Crippen molar-refractivity contribution in [2.45, 2.75) is 25.4 Å². The summed E-state index contributed by atoms with van der Waals surface area (Å²) in [6.45, 7) is 6.10. The molecule has 0 spiro atoms. The second-order valence-electron chi connectivity index (χ2n) is 7.41. The van der Waals surface area contributed by atoms with Gasteiger partial charge in [-0.25, -0.2) is 9.18 Å². The number of hydrogen-bond donors (Lipinski definition) is 1. The van der Waals surface area contributed by atoms with Gasteiger partial charge >= 0.3 is 6.03 Å². The Hall–Kier alpha value is -2.11. The number of carbonyl (C=O) groups is 1. The highest BCUT2D eigenvalue weighted by Gasteiger charge is 2.27. The zero-order chi connectivity index (χ0) is 19.4. The van der Waals surface area contributed by atoms with Crippen molar-refractivity contribution in [3.8, 4) is 0 Å². The molecular weight excluding hydrogens is 367 g/mol. The van der Waals surface area contributed by atoms with Gasteiger partial charge in [0.2, 0.25) is 0 Å². The Morgan fingerprint density at radius 2 is 1.89 bits per heavy atom. The highest BCUT2D eigenvalue weighted by Crippen LogP contribution is 2.25. The van der Waals surface area contributed by atoms with Gasteiger partial charge in [0.15, 0.2) is 0 Å². The van der Waals surface area contributed by atoms with E-state index in [9.17, 15) is 9.18 Å². The smallest absolute Gasteiger partial charge is 0.317 e. The van der Waals surface area contributed by atoms with Gasteiger partial charge in [-0.2, -0.15) is 0 Å². The van der Waals surface area contributed by atoms with Crippen LogP contribution in [0.4, 0.5) is 9.18 Å². The van der Waals surface area contributed by atoms with Crippen LogP contribution in [0, 0.1) is 5.82 Å². The molecule has 1 aliphatic heterocycles. The summed E-state index contributed by atoms with van der Waals surface area (Å²) in [6, 6.07) is 13.8. The summed E-state index contributed by atoms with van der Waals surface area (Å²) in [5.41, 5.74) is 1.76. The molecule has 144 valence electrons. The standard InChI is InChI=1S/C21H24ClFN2O2/c1-21(2,16-5-7-17(22)8-6-16)14-24-20(26)25-11-12-27-19(13-25)15-3-9-18(23)10-4-15/h3-10,19H,11-14H2,1-2H3,(H,24,26). The third kappa shape index (κ3) is 4.99. The van der Waals surface area contributed by atoms with Crippen molar-refractivity contribution in [1.29, 1.82) is 0 Å². The van der Waals surface area contributed by atoms with Crippen LogP contribution in [0.15, 0.2) is 48.5 Å². The molecule has 1 atom stereocenters. The predicted molar refractivity (Wildman–Crippen MR) is 105 cm³/mol. The summed E-state index contributed by atoms with van der Waals surface area (Å²) in [5, 5.41) is 3.72.